The van der Waals surface area contributed by atoms with Crippen LogP contribution in [0.25, 0.3) is 10.9 Å². The Morgan fingerprint density at radius 3 is 2.63 bits per heavy atom. The van der Waals surface area contributed by atoms with Crippen molar-refractivity contribution in [3.8, 4) is 5.75 Å². The number of aromatic amines is 1. The number of nitrogens with zero attached hydrogens (tertiary/aromatic N) is 2. The molecule has 2 aliphatic rings. The number of piperidine rings is 1. The van der Waals surface area contributed by atoms with Gasteiger partial charge in [0.05, 0.1) is 17.9 Å². The molecule has 0 radical (unpaired) electrons. The summed E-state index contributed by atoms with van der Waals surface area (Å²) in [5.41, 5.74) is -0.698. The van der Waals surface area contributed by atoms with Crippen LogP contribution in [0.2, 0.25) is 0 Å². The van der Waals surface area contributed by atoms with Crippen LogP contribution >= 0.6 is 11.8 Å². The van der Waals surface area contributed by atoms with Crippen LogP contribution in [0.3, 0.4) is 0 Å². The maximum absolute atomic E-state index is 14.7. The highest BCUT2D eigenvalue weighted by atomic mass is 32.2. The zero-order valence-corrected chi connectivity index (χ0v) is 21.4. The van der Waals surface area contributed by atoms with Crippen molar-refractivity contribution < 1.29 is 23.4 Å². The van der Waals surface area contributed by atoms with Crippen molar-refractivity contribution in [3.63, 3.8) is 0 Å². The summed E-state index contributed by atoms with van der Waals surface area (Å²) < 4.78 is 31.3. The van der Waals surface area contributed by atoms with Gasteiger partial charge >= 0.3 is 6.09 Å². The molecule has 2 aromatic rings. The first-order valence-electron chi connectivity index (χ1n) is 12.2. The Bertz CT molecular complexity index is 1090. The van der Waals surface area contributed by atoms with Crippen LogP contribution in [0.15, 0.2) is 16.9 Å². The maximum atomic E-state index is 14.7. The normalized spacial score (nSPS) is 18.1. The number of rotatable bonds is 6. The van der Waals surface area contributed by atoms with Crippen molar-refractivity contribution in [3.05, 3.63) is 34.1 Å². The third kappa shape index (κ3) is 7.10. The third-order valence-corrected chi connectivity index (χ3v) is 7.54. The van der Waals surface area contributed by atoms with Crippen LogP contribution in [-0.2, 0) is 15.2 Å². The van der Waals surface area contributed by atoms with Gasteiger partial charge in [-0.25, -0.2) is 14.2 Å². The molecule has 10 heteroatoms. The Morgan fingerprint density at radius 1 is 1.23 bits per heavy atom. The van der Waals surface area contributed by atoms with E-state index in [1.54, 1.807) is 22.7 Å². The Balaban J connectivity index is 1.35. The van der Waals surface area contributed by atoms with E-state index in [4.69, 9.17) is 14.2 Å². The molecule has 2 saturated heterocycles. The van der Waals surface area contributed by atoms with Crippen LogP contribution in [0.5, 0.6) is 5.75 Å². The summed E-state index contributed by atoms with van der Waals surface area (Å²) in [7, 11) is 0. The molecule has 3 heterocycles. The van der Waals surface area contributed by atoms with Gasteiger partial charge in [0.25, 0.3) is 5.56 Å². The van der Waals surface area contributed by atoms with Crippen LogP contribution in [0.1, 0.15) is 52.3 Å². The first kappa shape index (κ1) is 25.8. The van der Waals surface area contributed by atoms with Gasteiger partial charge in [-0.15, -0.1) is 0 Å². The highest BCUT2D eigenvalue weighted by Gasteiger charge is 2.27. The van der Waals surface area contributed by atoms with Crippen molar-refractivity contribution in [2.45, 2.75) is 63.1 Å². The first-order chi connectivity index (χ1) is 16.7. The minimum atomic E-state index is -0.632. The van der Waals surface area contributed by atoms with Crippen molar-refractivity contribution in [1.82, 2.24) is 14.9 Å². The van der Waals surface area contributed by atoms with E-state index in [2.05, 4.69) is 9.97 Å². The fourth-order valence-electron chi connectivity index (χ4n) is 4.25. The molecule has 1 amide bonds. The van der Waals surface area contributed by atoms with E-state index < -0.39 is 17.0 Å². The zero-order chi connectivity index (χ0) is 25.0. The molecule has 2 fully saturated rings. The van der Waals surface area contributed by atoms with Gasteiger partial charge in [-0.2, -0.15) is 11.8 Å². The molecule has 0 atom stereocenters. The number of aromatic nitrogens is 2. The van der Waals surface area contributed by atoms with Gasteiger partial charge < -0.3 is 24.1 Å². The highest BCUT2D eigenvalue weighted by molar-refractivity contribution is 7.99. The summed E-state index contributed by atoms with van der Waals surface area (Å²) in [4.78, 5) is 33.8. The molecule has 1 N–H and O–H groups in total. The molecule has 0 saturated carbocycles. The largest absolute Gasteiger partial charge is 0.493 e. The number of halogens is 1. The number of thioether (sulfide) groups is 1. The fraction of sp³-hybridized carbons (Fsp3) is 0.640. The smallest absolute Gasteiger partial charge is 0.410 e. The highest BCUT2D eigenvalue weighted by Crippen LogP contribution is 2.28. The predicted molar refractivity (Wildman–Crippen MR) is 133 cm³/mol. The summed E-state index contributed by atoms with van der Waals surface area (Å²) in [6.07, 6.45) is 3.23. The van der Waals surface area contributed by atoms with Gasteiger partial charge in [0.2, 0.25) is 0 Å². The molecule has 1 aromatic heterocycles. The lowest BCUT2D eigenvalue weighted by atomic mass is 10.0. The number of carbonyl (C=O) groups excluding carboxylic acids is 1. The Morgan fingerprint density at radius 2 is 1.94 bits per heavy atom. The number of hydrogen-bond donors (Lipinski definition) is 1. The maximum Gasteiger partial charge on any atom is 0.410 e. The summed E-state index contributed by atoms with van der Waals surface area (Å²) in [5, 5.41) is 0.281. The number of likely N-dealkylation sites (tertiary alicyclic amines) is 1. The van der Waals surface area contributed by atoms with Crippen LogP contribution in [0.4, 0.5) is 9.18 Å². The van der Waals surface area contributed by atoms with E-state index in [1.165, 1.54) is 6.07 Å². The third-order valence-electron chi connectivity index (χ3n) is 6.16. The lowest BCUT2D eigenvalue weighted by Gasteiger charge is -2.33. The minimum absolute atomic E-state index is 0.0529. The van der Waals surface area contributed by atoms with Crippen molar-refractivity contribution in [2.24, 2.45) is 5.92 Å². The average Bonchev–Trinajstić information content (AvgIpc) is 2.81. The fourth-order valence-corrected chi connectivity index (χ4v) is 5.33. The molecule has 0 spiro atoms. The Kier molecular flexibility index (Phi) is 8.21. The van der Waals surface area contributed by atoms with E-state index >= 15 is 0 Å². The number of hydrogen-bond acceptors (Lipinski definition) is 7. The number of carbonyl (C=O) groups is 1. The van der Waals surface area contributed by atoms with Gasteiger partial charge in [-0.1, -0.05) is 0 Å². The second-order valence-corrected chi connectivity index (χ2v) is 11.4. The average molecular weight is 508 g/mol. The van der Waals surface area contributed by atoms with Crippen LogP contribution in [0, 0.1) is 11.7 Å². The number of ether oxygens (including phenoxy) is 3. The molecule has 2 aliphatic heterocycles. The lowest BCUT2D eigenvalue weighted by Crippen LogP contribution is -2.42. The van der Waals surface area contributed by atoms with E-state index in [0.29, 0.717) is 53.7 Å². The first-order valence-corrected chi connectivity index (χ1v) is 13.3. The Labute approximate surface area is 208 Å². The molecule has 0 unspecified atom stereocenters. The standard InChI is InChI=1S/C25H34FN3O5S/c1-25(2,3)34-24(31)29-8-4-18(5-9-29)35-15-21-27-20-13-17(12-19(26)22(20)23(30)28-21)33-14-16-6-10-32-11-7-16/h12-13,16,18H,4-11,14-15H2,1-3H3,(H,27,28,30). The number of nitrogens with one attached hydrogen (secondary N) is 1. The second kappa shape index (κ2) is 11.2. The van der Waals surface area contributed by atoms with Crippen molar-refractivity contribution in [2.75, 3.05) is 32.9 Å². The minimum Gasteiger partial charge on any atom is -0.493 e. The molecule has 0 bridgehead atoms. The molecule has 192 valence electrons. The summed E-state index contributed by atoms with van der Waals surface area (Å²) in [5.74, 6) is 1.13. The SMILES string of the molecule is CC(C)(C)OC(=O)N1CCC(SCc2nc3cc(OCC4CCOCC4)cc(F)c3c(=O)[nH]2)CC1. The summed E-state index contributed by atoms with van der Waals surface area (Å²) in [6.45, 7) is 8.77. The van der Waals surface area contributed by atoms with Gasteiger partial charge in [-0.3, -0.25) is 4.79 Å². The molecule has 35 heavy (non-hydrogen) atoms. The molecule has 4 rings (SSSR count). The van der Waals surface area contributed by atoms with Crippen LogP contribution in [-0.4, -0.2) is 64.7 Å². The van der Waals surface area contributed by atoms with Gasteiger partial charge in [0, 0.05) is 43.7 Å². The molecule has 8 nitrogen and oxygen atoms in total. The van der Waals surface area contributed by atoms with E-state index in [-0.39, 0.29) is 11.5 Å². The topological polar surface area (TPSA) is 93.8 Å². The number of amides is 1. The second-order valence-electron chi connectivity index (χ2n) is 10.2. The molecular formula is C25H34FN3O5S. The molecule has 1 aromatic carbocycles. The van der Waals surface area contributed by atoms with Crippen molar-refractivity contribution in [1.29, 1.82) is 0 Å². The van der Waals surface area contributed by atoms with Gasteiger partial charge in [-0.05, 0) is 52.4 Å². The predicted octanol–water partition coefficient (Wildman–Crippen LogP) is 4.50. The summed E-state index contributed by atoms with van der Waals surface area (Å²) in [6, 6.07) is 2.89. The number of H-pyrrole nitrogens is 1. The summed E-state index contributed by atoms with van der Waals surface area (Å²) >= 11 is 1.68. The molecular weight excluding hydrogens is 473 g/mol. The van der Waals surface area contributed by atoms with E-state index in [0.717, 1.165) is 38.9 Å². The zero-order valence-electron chi connectivity index (χ0n) is 20.6. The number of fused-ring (bicyclic) bond motifs is 1. The lowest BCUT2D eigenvalue weighted by molar-refractivity contribution is 0.0219. The molecule has 0 aliphatic carbocycles. The van der Waals surface area contributed by atoms with E-state index in [9.17, 15) is 14.0 Å². The van der Waals surface area contributed by atoms with Gasteiger partial charge in [0.1, 0.15) is 28.4 Å². The van der Waals surface area contributed by atoms with Crippen LogP contribution < -0.4 is 10.3 Å². The quantitative estimate of drug-likeness (QED) is 0.615. The van der Waals surface area contributed by atoms with Gasteiger partial charge in [0.15, 0.2) is 0 Å². The number of benzene rings is 1. The van der Waals surface area contributed by atoms with E-state index in [1.807, 2.05) is 20.8 Å². The Hall–Kier alpha value is -2.33. The van der Waals surface area contributed by atoms with Crippen molar-refractivity contribution >= 4 is 28.8 Å². The monoisotopic (exact) mass is 507 g/mol.